The Morgan fingerprint density at radius 2 is 1.82 bits per heavy atom. The van der Waals surface area contributed by atoms with E-state index in [9.17, 15) is 4.79 Å². The molecule has 1 amide bonds. The molecule has 0 spiro atoms. The van der Waals surface area contributed by atoms with Crippen LogP contribution in [0, 0.1) is 0 Å². The minimum Gasteiger partial charge on any atom is -0.383 e. The highest BCUT2D eigenvalue weighted by Crippen LogP contribution is 2.34. The van der Waals surface area contributed by atoms with Crippen LogP contribution in [0.4, 0.5) is 5.69 Å². The first kappa shape index (κ1) is 15.0. The van der Waals surface area contributed by atoms with Crippen molar-refractivity contribution in [2.75, 3.05) is 18.4 Å². The van der Waals surface area contributed by atoms with E-state index in [1.54, 1.807) is 0 Å². The van der Waals surface area contributed by atoms with Gasteiger partial charge >= 0.3 is 0 Å². The number of anilines is 1. The van der Waals surface area contributed by atoms with Gasteiger partial charge in [0, 0.05) is 32.9 Å². The average molecular weight is 429 g/mol. The summed E-state index contributed by atoms with van der Waals surface area (Å²) in [5.41, 5.74) is 0.956. The molecule has 0 fully saturated rings. The molecule has 0 aliphatic carbocycles. The van der Waals surface area contributed by atoms with Crippen molar-refractivity contribution < 1.29 is 4.79 Å². The number of hydrogen-bond donors (Lipinski definition) is 2. The molecule has 0 atom stereocenters. The molecule has 94 valence electrons. The minimum absolute atomic E-state index is 0.0596. The van der Waals surface area contributed by atoms with Crippen molar-refractivity contribution in [3.8, 4) is 0 Å². The van der Waals surface area contributed by atoms with Crippen LogP contribution in [0.3, 0.4) is 0 Å². The highest BCUT2D eigenvalue weighted by atomic mass is 79.9. The van der Waals surface area contributed by atoms with Gasteiger partial charge in [-0.25, -0.2) is 0 Å². The monoisotopic (exact) mass is 426 g/mol. The fourth-order valence-corrected chi connectivity index (χ4v) is 3.84. The predicted molar refractivity (Wildman–Crippen MR) is 81.3 cm³/mol. The number of halogens is 3. The van der Waals surface area contributed by atoms with E-state index in [0.717, 1.165) is 19.1 Å². The second-order valence-corrected chi connectivity index (χ2v) is 6.00. The highest BCUT2D eigenvalue weighted by molar-refractivity contribution is 9.11. The second-order valence-electron chi connectivity index (χ2n) is 3.37. The van der Waals surface area contributed by atoms with Gasteiger partial charge in [-0.15, -0.1) is 0 Å². The number of benzene rings is 1. The third kappa shape index (κ3) is 4.97. The maximum Gasteiger partial charge on any atom is 0.221 e. The first-order valence-electron chi connectivity index (χ1n) is 5.19. The van der Waals surface area contributed by atoms with Crippen LogP contribution < -0.4 is 10.6 Å². The van der Waals surface area contributed by atoms with E-state index in [0.29, 0.717) is 19.5 Å². The van der Waals surface area contributed by atoms with Gasteiger partial charge in [0.2, 0.25) is 5.91 Å². The number of nitrogens with one attached hydrogen (secondary N) is 2. The summed E-state index contributed by atoms with van der Waals surface area (Å²) in [4.78, 5) is 11.3. The molecule has 0 aromatic heterocycles. The van der Waals surface area contributed by atoms with E-state index >= 15 is 0 Å². The molecule has 1 aromatic rings. The lowest BCUT2D eigenvalue weighted by Crippen LogP contribution is -2.24. The van der Waals surface area contributed by atoms with Crippen LogP contribution in [0.5, 0.6) is 0 Å². The van der Waals surface area contributed by atoms with Crippen LogP contribution in [0.25, 0.3) is 0 Å². The van der Waals surface area contributed by atoms with Crippen molar-refractivity contribution >= 4 is 59.4 Å². The Morgan fingerprint density at radius 3 is 2.35 bits per heavy atom. The molecule has 6 heteroatoms. The molecule has 0 bridgehead atoms. The SMILES string of the molecule is CCNC(=O)CCNc1c(Br)cc(Br)cc1Br. The average Bonchev–Trinajstić information content (AvgIpc) is 2.22. The summed E-state index contributed by atoms with van der Waals surface area (Å²) in [6.45, 7) is 3.18. The highest BCUT2D eigenvalue weighted by Gasteiger charge is 2.07. The quantitative estimate of drug-likeness (QED) is 0.746. The van der Waals surface area contributed by atoms with Gasteiger partial charge in [-0.1, -0.05) is 15.9 Å². The van der Waals surface area contributed by atoms with Crippen LogP contribution in [-0.4, -0.2) is 19.0 Å². The lowest BCUT2D eigenvalue weighted by Gasteiger charge is -2.11. The van der Waals surface area contributed by atoms with E-state index in [1.165, 1.54) is 0 Å². The van der Waals surface area contributed by atoms with E-state index < -0.39 is 0 Å². The van der Waals surface area contributed by atoms with Crippen molar-refractivity contribution in [2.24, 2.45) is 0 Å². The molecule has 0 aliphatic rings. The van der Waals surface area contributed by atoms with Crippen LogP contribution in [0.1, 0.15) is 13.3 Å². The third-order valence-corrected chi connectivity index (χ3v) is 3.74. The van der Waals surface area contributed by atoms with E-state index in [2.05, 4.69) is 58.4 Å². The topological polar surface area (TPSA) is 41.1 Å². The Hall–Kier alpha value is -0.0700. The number of rotatable bonds is 5. The normalized spacial score (nSPS) is 10.1. The Balaban J connectivity index is 2.55. The van der Waals surface area contributed by atoms with Gasteiger partial charge < -0.3 is 10.6 Å². The third-order valence-electron chi connectivity index (χ3n) is 2.03. The molecule has 0 heterocycles. The van der Waals surface area contributed by atoms with Crippen molar-refractivity contribution in [3.63, 3.8) is 0 Å². The molecule has 0 radical (unpaired) electrons. The van der Waals surface area contributed by atoms with Crippen LogP contribution in [-0.2, 0) is 4.79 Å². The summed E-state index contributed by atoms with van der Waals surface area (Å²) in [6, 6.07) is 3.92. The lowest BCUT2D eigenvalue weighted by atomic mass is 10.3. The lowest BCUT2D eigenvalue weighted by molar-refractivity contribution is -0.120. The molecule has 1 rings (SSSR count). The summed E-state index contributed by atoms with van der Waals surface area (Å²) in [5.74, 6) is 0.0596. The van der Waals surface area contributed by atoms with Gasteiger partial charge in [0.15, 0.2) is 0 Å². The molecule has 1 aromatic carbocycles. The zero-order valence-electron chi connectivity index (χ0n) is 9.32. The van der Waals surface area contributed by atoms with Gasteiger partial charge in [0.1, 0.15) is 0 Å². The van der Waals surface area contributed by atoms with Gasteiger partial charge in [0.05, 0.1) is 5.69 Å². The first-order chi connectivity index (χ1) is 8.04. The fraction of sp³-hybridized carbons (Fsp3) is 0.364. The smallest absolute Gasteiger partial charge is 0.221 e. The van der Waals surface area contributed by atoms with E-state index in [1.807, 2.05) is 19.1 Å². The maximum absolute atomic E-state index is 11.3. The molecule has 2 N–H and O–H groups in total. The second kappa shape index (κ2) is 7.38. The zero-order valence-corrected chi connectivity index (χ0v) is 14.1. The van der Waals surface area contributed by atoms with Crippen LogP contribution >= 0.6 is 47.8 Å². The molecular weight excluding hydrogens is 416 g/mol. The van der Waals surface area contributed by atoms with Crippen molar-refractivity contribution in [3.05, 3.63) is 25.6 Å². The summed E-state index contributed by atoms with van der Waals surface area (Å²) in [6.07, 6.45) is 0.461. The Labute approximate surface area is 126 Å². The van der Waals surface area contributed by atoms with Crippen molar-refractivity contribution in [2.45, 2.75) is 13.3 Å². The molecular formula is C11H13Br3N2O. The fourth-order valence-electron chi connectivity index (χ4n) is 1.30. The maximum atomic E-state index is 11.3. The minimum atomic E-state index is 0.0596. The summed E-state index contributed by atoms with van der Waals surface area (Å²) in [5, 5.41) is 5.98. The first-order valence-corrected chi connectivity index (χ1v) is 7.57. The van der Waals surface area contributed by atoms with Crippen molar-refractivity contribution in [1.29, 1.82) is 0 Å². The predicted octanol–water partition coefficient (Wildman–Crippen LogP) is 3.91. The van der Waals surface area contributed by atoms with E-state index in [-0.39, 0.29) is 5.91 Å². The van der Waals surface area contributed by atoms with Crippen LogP contribution in [0.2, 0.25) is 0 Å². The Kier molecular flexibility index (Phi) is 6.51. The molecule has 17 heavy (non-hydrogen) atoms. The molecule has 0 unspecified atom stereocenters. The van der Waals surface area contributed by atoms with Crippen LogP contribution in [0.15, 0.2) is 25.6 Å². The Morgan fingerprint density at radius 1 is 1.24 bits per heavy atom. The number of carbonyl (C=O) groups excluding carboxylic acids is 1. The molecule has 0 saturated heterocycles. The van der Waals surface area contributed by atoms with Gasteiger partial charge in [-0.2, -0.15) is 0 Å². The molecule has 0 saturated carbocycles. The van der Waals surface area contributed by atoms with Gasteiger partial charge in [0.25, 0.3) is 0 Å². The summed E-state index contributed by atoms with van der Waals surface area (Å²) in [7, 11) is 0. The van der Waals surface area contributed by atoms with Gasteiger partial charge in [-0.05, 0) is 50.9 Å². The van der Waals surface area contributed by atoms with Crippen molar-refractivity contribution in [1.82, 2.24) is 5.32 Å². The molecule has 3 nitrogen and oxygen atoms in total. The number of carbonyl (C=O) groups is 1. The summed E-state index contributed by atoms with van der Waals surface area (Å²) >= 11 is 10.4. The van der Waals surface area contributed by atoms with E-state index in [4.69, 9.17) is 0 Å². The summed E-state index contributed by atoms with van der Waals surface area (Å²) < 4.78 is 2.90. The standard InChI is InChI=1S/C11H13Br3N2O/c1-2-15-10(17)3-4-16-11-8(13)5-7(12)6-9(11)14/h5-6,16H,2-4H2,1H3,(H,15,17). The van der Waals surface area contributed by atoms with Gasteiger partial charge in [-0.3, -0.25) is 4.79 Å². The Bertz CT molecular complexity index is 387. The zero-order chi connectivity index (χ0) is 12.8. The number of amides is 1. The largest absolute Gasteiger partial charge is 0.383 e. The number of hydrogen-bond acceptors (Lipinski definition) is 2. The molecule has 0 aliphatic heterocycles.